The predicted octanol–water partition coefficient (Wildman–Crippen LogP) is 0.273. The van der Waals surface area contributed by atoms with Crippen LogP contribution in [0.15, 0.2) is 34.3 Å². The summed E-state index contributed by atoms with van der Waals surface area (Å²) >= 11 is 0. The molecule has 0 unspecified atom stereocenters. The number of hydrogen-bond acceptors (Lipinski definition) is 11. The van der Waals surface area contributed by atoms with Crippen LogP contribution in [0.1, 0.15) is 5.56 Å². The molecule has 13 nitrogen and oxygen atoms in total. The van der Waals surface area contributed by atoms with E-state index < -0.39 is 16.1 Å². The number of nitriles is 1. The highest BCUT2D eigenvalue weighted by atomic mass is 32.2. The first-order chi connectivity index (χ1) is 13.8. The lowest BCUT2D eigenvalue weighted by molar-refractivity contribution is 0.214. The summed E-state index contributed by atoms with van der Waals surface area (Å²) in [5.74, 6) is -0.312. The highest BCUT2D eigenvalue weighted by Gasteiger charge is 2.24. The molecular formula is C15H15N7O6S. The summed E-state index contributed by atoms with van der Waals surface area (Å²) in [5.41, 5.74) is -0.346. The Morgan fingerprint density at radius 3 is 2.28 bits per heavy atom. The van der Waals surface area contributed by atoms with Crippen LogP contribution in [-0.4, -0.2) is 56.4 Å². The maximum absolute atomic E-state index is 12.6. The van der Waals surface area contributed by atoms with E-state index in [4.69, 9.17) is 9.47 Å². The minimum Gasteiger partial charge on any atom is -0.467 e. The minimum absolute atomic E-state index is 0.0550. The van der Waals surface area contributed by atoms with Crippen molar-refractivity contribution in [1.29, 1.82) is 5.26 Å². The van der Waals surface area contributed by atoms with E-state index in [0.717, 1.165) is 0 Å². The normalized spacial score (nSPS) is 11.2. The van der Waals surface area contributed by atoms with Gasteiger partial charge in [0.1, 0.15) is 13.2 Å². The molecule has 2 amide bonds. The number of sulfonamides is 1. The van der Waals surface area contributed by atoms with Gasteiger partial charge in [-0.1, -0.05) is 23.4 Å². The third-order valence-corrected chi connectivity index (χ3v) is 4.52. The van der Waals surface area contributed by atoms with Gasteiger partial charge in [0, 0.05) is 5.56 Å². The SMILES string of the molecule is CO/N=C(/C#N)c1ccccc1S(=O)(=O)NC(=O)Nc1nc(OC)nc(OC)n1. The van der Waals surface area contributed by atoms with E-state index in [1.165, 1.54) is 45.6 Å². The van der Waals surface area contributed by atoms with Crippen LogP contribution in [0.5, 0.6) is 12.0 Å². The summed E-state index contributed by atoms with van der Waals surface area (Å²) in [5, 5.41) is 14.8. The average molecular weight is 421 g/mol. The van der Waals surface area contributed by atoms with Crippen molar-refractivity contribution in [2.45, 2.75) is 4.90 Å². The van der Waals surface area contributed by atoms with E-state index in [9.17, 15) is 18.5 Å². The van der Waals surface area contributed by atoms with E-state index in [1.807, 2.05) is 0 Å². The van der Waals surface area contributed by atoms with Gasteiger partial charge in [0.05, 0.1) is 19.1 Å². The Kier molecular flexibility index (Phi) is 6.82. The fraction of sp³-hybridized carbons (Fsp3) is 0.200. The van der Waals surface area contributed by atoms with Crippen molar-refractivity contribution in [1.82, 2.24) is 19.7 Å². The van der Waals surface area contributed by atoms with Crippen LogP contribution in [0.4, 0.5) is 10.7 Å². The van der Waals surface area contributed by atoms with Crippen LogP contribution in [0.3, 0.4) is 0 Å². The first kappa shape index (κ1) is 21.3. The molecule has 0 aliphatic rings. The van der Waals surface area contributed by atoms with Gasteiger partial charge in [-0.2, -0.15) is 15.2 Å². The summed E-state index contributed by atoms with van der Waals surface area (Å²) in [6.45, 7) is 0. The summed E-state index contributed by atoms with van der Waals surface area (Å²) in [7, 11) is -0.620. The van der Waals surface area contributed by atoms with Crippen molar-refractivity contribution in [3.8, 4) is 18.1 Å². The van der Waals surface area contributed by atoms with Crippen molar-refractivity contribution in [2.75, 3.05) is 26.6 Å². The number of amides is 2. The lowest BCUT2D eigenvalue weighted by Crippen LogP contribution is -2.35. The average Bonchev–Trinajstić information content (AvgIpc) is 2.71. The Labute approximate surface area is 165 Å². The quantitative estimate of drug-likeness (QED) is 0.466. The largest absolute Gasteiger partial charge is 0.467 e. The summed E-state index contributed by atoms with van der Waals surface area (Å²) in [6, 6.07) is 5.70. The van der Waals surface area contributed by atoms with Crippen molar-refractivity contribution in [3.63, 3.8) is 0 Å². The number of benzene rings is 1. The highest BCUT2D eigenvalue weighted by Crippen LogP contribution is 2.17. The van der Waals surface area contributed by atoms with Gasteiger partial charge in [0.25, 0.3) is 10.0 Å². The second kappa shape index (κ2) is 9.28. The van der Waals surface area contributed by atoms with E-state index in [0.29, 0.717) is 0 Å². The number of hydrogen-bond donors (Lipinski definition) is 2. The van der Waals surface area contributed by atoms with Gasteiger partial charge in [-0.25, -0.2) is 17.9 Å². The molecule has 152 valence electrons. The van der Waals surface area contributed by atoms with Crippen molar-refractivity contribution < 1.29 is 27.5 Å². The molecule has 2 rings (SSSR count). The minimum atomic E-state index is -4.40. The van der Waals surface area contributed by atoms with Crippen LogP contribution in [0.25, 0.3) is 0 Å². The van der Waals surface area contributed by atoms with Gasteiger partial charge in [-0.3, -0.25) is 5.32 Å². The molecule has 0 aliphatic heterocycles. The lowest BCUT2D eigenvalue weighted by atomic mass is 10.1. The van der Waals surface area contributed by atoms with Crippen LogP contribution < -0.4 is 19.5 Å². The second-order valence-corrected chi connectivity index (χ2v) is 6.57. The Bertz CT molecular complexity index is 1060. The number of aromatic nitrogens is 3. The molecule has 0 bridgehead atoms. The summed E-state index contributed by atoms with van der Waals surface area (Å²) < 4.78 is 36.8. The zero-order chi connectivity index (χ0) is 21.4. The lowest BCUT2D eigenvalue weighted by Gasteiger charge is -2.11. The molecule has 1 heterocycles. The third-order valence-electron chi connectivity index (χ3n) is 3.13. The topological polar surface area (TPSA) is 178 Å². The van der Waals surface area contributed by atoms with Crippen molar-refractivity contribution >= 4 is 27.7 Å². The molecule has 0 saturated carbocycles. The molecule has 29 heavy (non-hydrogen) atoms. The summed E-state index contributed by atoms with van der Waals surface area (Å²) in [6.07, 6.45) is 0. The number of carbonyl (C=O) groups excluding carboxylic acids is 1. The molecule has 0 aliphatic carbocycles. The zero-order valence-electron chi connectivity index (χ0n) is 15.4. The molecule has 1 aromatic carbocycles. The molecule has 0 atom stereocenters. The van der Waals surface area contributed by atoms with Gasteiger partial charge in [-0.05, 0) is 6.07 Å². The number of rotatable bonds is 7. The number of nitrogens with zero attached hydrogens (tertiary/aromatic N) is 5. The Morgan fingerprint density at radius 2 is 1.72 bits per heavy atom. The standard InChI is InChI=1S/C15H15N7O6S/c1-26-14-18-12(19-15(20-14)27-2)17-13(23)22-29(24,25)11-7-5-4-6-9(11)10(8-16)21-28-3/h4-7H,1-3H3,(H2,17,18,19,20,22,23)/b21-10-. The van der Waals surface area contributed by atoms with Crippen LogP contribution in [0, 0.1) is 11.3 Å². The number of methoxy groups -OCH3 is 2. The molecule has 0 radical (unpaired) electrons. The van der Waals surface area contributed by atoms with Gasteiger partial charge in [0.2, 0.25) is 5.95 Å². The third kappa shape index (κ3) is 5.26. The zero-order valence-corrected chi connectivity index (χ0v) is 16.2. The van der Waals surface area contributed by atoms with E-state index in [2.05, 4.69) is 30.3 Å². The second-order valence-electron chi connectivity index (χ2n) is 4.92. The van der Waals surface area contributed by atoms with Gasteiger partial charge in [0.15, 0.2) is 5.71 Å². The fourth-order valence-electron chi connectivity index (χ4n) is 2.00. The number of anilines is 1. The molecule has 0 fully saturated rings. The molecule has 2 N–H and O–H groups in total. The first-order valence-corrected chi connectivity index (χ1v) is 9.11. The van der Waals surface area contributed by atoms with Gasteiger partial charge < -0.3 is 14.3 Å². The monoisotopic (exact) mass is 421 g/mol. The molecule has 1 aromatic heterocycles. The molecule has 14 heteroatoms. The Balaban J connectivity index is 2.30. The van der Waals surface area contributed by atoms with Gasteiger partial charge in [-0.15, -0.1) is 4.98 Å². The number of ether oxygens (including phenoxy) is 2. The molecule has 2 aromatic rings. The van der Waals surface area contributed by atoms with Crippen LogP contribution >= 0.6 is 0 Å². The number of nitrogens with one attached hydrogen (secondary N) is 2. The number of carbonyl (C=O) groups is 1. The number of oxime groups is 1. The smallest absolute Gasteiger partial charge is 0.335 e. The van der Waals surface area contributed by atoms with E-state index >= 15 is 0 Å². The maximum Gasteiger partial charge on any atom is 0.335 e. The Hall–Kier alpha value is -3.99. The van der Waals surface area contributed by atoms with Gasteiger partial charge >= 0.3 is 18.1 Å². The highest BCUT2D eigenvalue weighted by molar-refractivity contribution is 7.90. The Morgan fingerprint density at radius 1 is 1.10 bits per heavy atom. The predicted molar refractivity (Wildman–Crippen MR) is 97.9 cm³/mol. The van der Waals surface area contributed by atoms with Crippen molar-refractivity contribution in [2.24, 2.45) is 5.16 Å². The molecular weight excluding hydrogens is 406 g/mol. The fourth-order valence-corrected chi connectivity index (χ4v) is 3.12. The number of urea groups is 1. The van der Waals surface area contributed by atoms with E-state index in [-0.39, 0.29) is 34.1 Å². The first-order valence-electron chi connectivity index (χ1n) is 7.63. The molecule has 0 saturated heterocycles. The molecule has 0 spiro atoms. The van der Waals surface area contributed by atoms with Crippen LogP contribution in [0.2, 0.25) is 0 Å². The van der Waals surface area contributed by atoms with Crippen molar-refractivity contribution in [3.05, 3.63) is 29.8 Å². The summed E-state index contributed by atoms with van der Waals surface area (Å²) in [4.78, 5) is 27.6. The maximum atomic E-state index is 12.6. The van der Waals surface area contributed by atoms with Crippen LogP contribution in [-0.2, 0) is 14.9 Å². The van der Waals surface area contributed by atoms with E-state index in [1.54, 1.807) is 10.8 Å².